The molecule has 1 amide bonds. The monoisotopic (exact) mass is 470 g/mol. The van der Waals surface area contributed by atoms with Gasteiger partial charge in [0.15, 0.2) is 0 Å². The second-order valence-electron chi connectivity index (χ2n) is 10.5. The summed E-state index contributed by atoms with van der Waals surface area (Å²) in [5.41, 5.74) is 1.05. The Hall–Kier alpha value is -2.41. The Morgan fingerprint density at radius 2 is 1.85 bits per heavy atom. The van der Waals surface area contributed by atoms with Crippen molar-refractivity contribution in [2.24, 2.45) is 17.3 Å². The summed E-state index contributed by atoms with van der Waals surface area (Å²) in [4.78, 5) is 39.9. The maximum Gasteiger partial charge on any atom is 0.326 e. The fraction of sp³-hybridized carbons (Fsp3) is 0.667. The lowest BCUT2D eigenvalue weighted by atomic mass is 9.55. The van der Waals surface area contributed by atoms with Crippen molar-refractivity contribution in [3.63, 3.8) is 0 Å². The molecule has 7 heteroatoms. The van der Waals surface area contributed by atoms with E-state index in [1.165, 1.54) is 12.8 Å². The molecule has 4 aliphatic rings. The van der Waals surface area contributed by atoms with Crippen molar-refractivity contribution in [1.29, 1.82) is 0 Å². The Labute approximate surface area is 202 Å². The van der Waals surface area contributed by atoms with Crippen molar-refractivity contribution < 1.29 is 24.2 Å². The van der Waals surface area contributed by atoms with Crippen LogP contribution < -0.4 is 5.32 Å². The van der Waals surface area contributed by atoms with Crippen molar-refractivity contribution in [3.8, 4) is 0 Å². The predicted molar refractivity (Wildman–Crippen MR) is 128 cm³/mol. The summed E-state index contributed by atoms with van der Waals surface area (Å²) in [5, 5.41) is 13.1. The van der Waals surface area contributed by atoms with Crippen molar-refractivity contribution >= 4 is 17.8 Å². The molecule has 1 heterocycles. The van der Waals surface area contributed by atoms with Gasteiger partial charge in [0.05, 0.1) is 12.6 Å². The molecule has 4 fully saturated rings. The number of aryl methyl sites for hydroxylation is 1. The summed E-state index contributed by atoms with van der Waals surface area (Å²) < 4.78 is 5.26. The number of benzene rings is 1. The lowest BCUT2D eigenvalue weighted by Gasteiger charge is -2.50. The molecule has 1 spiro atoms. The van der Waals surface area contributed by atoms with Gasteiger partial charge in [0.25, 0.3) is 0 Å². The van der Waals surface area contributed by atoms with Gasteiger partial charge in [0.2, 0.25) is 5.91 Å². The summed E-state index contributed by atoms with van der Waals surface area (Å²) in [6, 6.07) is 7.79. The first-order valence-electron chi connectivity index (χ1n) is 12.8. The number of nitrogens with zero attached hydrogens (tertiary/aromatic N) is 1. The molecule has 0 aromatic heterocycles. The normalized spacial score (nSPS) is 29.7. The molecule has 1 saturated heterocycles. The number of fused-ring (bicyclic) bond motifs is 2. The zero-order valence-electron chi connectivity index (χ0n) is 20.4. The molecule has 2 N–H and O–H groups in total. The van der Waals surface area contributed by atoms with E-state index in [-0.39, 0.29) is 23.9 Å². The zero-order valence-corrected chi connectivity index (χ0v) is 20.4. The Kier molecular flexibility index (Phi) is 7.60. The number of likely N-dealkylation sites (tertiary alicyclic amines) is 1. The quantitative estimate of drug-likeness (QED) is 0.537. The molecule has 0 unspecified atom stereocenters. The van der Waals surface area contributed by atoms with Crippen LogP contribution in [-0.4, -0.2) is 59.1 Å². The van der Waals surface area contributed by atoms with Gasteiger partial charge in [0.1, 0.15) is 12.1 Å². The van der Waals surface area contributed by atoms with Gasteiger partial charge in [-0.05, 0) is 75.2 Å². The molecule has 4 atom stereocenters. The van der Waals surface area contributed by atoms with E-state index >= 15 is 0 Å². The van der Waals surface area contributed by atoms with Crippen LogP contribution in [0.4, 0.5) is 0 Å². The topological polar surface area (TPSA) is 95.9 Å². The first-order chi connectivity index (χ1) is 16.3. The van der Waals surface area contributed by atoms with Gasteiger partial charge in [-0.2, -0.15) is 0 Å². The van der Waals surface area contributed by atoms with Gasteiger partial charge in [0, 0.05) is 6.54 Å². The number of hydrogen-bond acceptors (Lipinski definition) is 5. The van der Waals surface area contributed by atoms with Gasteiger partial charge in [-0.25, -0.2) is 4.79 Å². The number of carboxylic acid groups (broad SMARTS) is 1. The Balaban J connectivity index is 1.45. The van der Waals surface area contributed by atoms with Crippen molar-refractivity contribution in [2.75, 3.05) is 13.2 Å². The Morgan fingerprint density at radius 1 is 1.15 bits per heavy atom. The van der Waals surface area contributed by atoms with E-state index in [1.54, 1.807) is 18.7 Å². The van der Waals surface area contributed by atoms with Crippen molar-refractivity contribution in [1.82, 2.24) is 10.2 Å². The number of hydrogen-bond donors (Lipinski definition) is 2. The largest absolute Gasteiger partial charge is 0.480 e. The molecule has 0 radical (unpaired) electrons. The van der Waals surface area contributed by atoms with Crippen LogP contribution in [0.5, 0.6) is 0 Å². The molecule has 2 bridgehead atoms. The molecule has 3 aliphatic carbocycles. The van der Waals surface area contributed by atoms with Crippen LogP contribution >= 0.6 is 0 Å². The number of aliphatic carboxylic acids is 1. The number of carboxylic acids is 1. The number of esters is 1. The average Bonchev–Trinajstić information content (AvgIpc) is 3.21. The fourth-order valence-electron chi connectivity index (χ4n) is 6.72. The molecule has 1 aliphatic heterocycles. The van der Waals surface area contributed by atoms with Gasteiger partial charge in [-0.3, -0.25) is 14.9 Å². The third-order valence-corrected chi connectivity index (χ3v) is 8.39. The number of ether oxygens (including phenoxy) is 1. The van der Waals surface area contributed by atoms with Crippen molar-refractivity contribution in [3.05, 3.63) is 35.9 Å². The van der Waals surface area contributed by atoms with Crippen LogP contribution in [0.2, 0.25) is 0 Å². The molecule has 3 saturated carbocycles. The van der Waals surface area contributed by atoms with Crippen LogP contribution in [0.1, 0.15) is 64.4 Å². The number of carbonyl (C=O) groups is 3. The number of amides is 1. The maximum atomic E-state index is 13.5. The second-order valence-corrected chi connectivity index (χ2v) is 10.5. The van der Waals surface area contributed by atoms with E-state index < -0.39 is 24.1 Å². The van der Waals surface area contributed by atoms with Gasteiger partial charge >= 0.3 is 11.9 Å². The van der Waals surface area contributed by atoms with Gasteiger partial charge in [-0.1, -0.05) is 43.2 Å². The van der Waals surface area contributed by atoms with E-state index in [9.17, 15) is 19.5 Å². The molecule has 5 rings (SSSR count). The van der Waals surface area contributed by atoms with E-state index in [2.05, 4.69) is 5.32 Å². The highest BCUT2D eigenvalue weighted by Crippen LogP contribution is 2.57. The first kappa shape index (κ1) is 24.7. The van der Waals surface area contributed by atoms with Crippen molar-refractivity contribution in [2.45, 2.75) is 83.3 Å². The minimum absolute atomic E-state index is 0.0620. The lowest BCUT2D eigenvalue weighted by molar-refractivity contribution is -0.150. The van der Waals surface area contributed by atoms with Crippen LogP contribution in [-0.2, 0) is 25.5 Å². The maximum absolute atomic E-state index is 13.5. The third kappa shape index (κ3) is 5.14. The average molecular weight is 471 g/mol. The predicted octanol–water partition coefficient (Wildman–Crippen LogP) is 3.41. The Bertz CT molecular complexity index is 882. The summed E-state index contributed by atoms with van der Waals surface area (Å²) >= 11 is 0. The van der Waals surface area contributed by atoms with E-state index in [0.717, 1.165) is 24.8 Å². The van der Waals surface area contributed by atoms with Gasteiger partial charge < -0.3 is 14.7 Å². The van der Waals surface area contributed by atoms with Crippen LogP contribution in [0.3, 0.4) is 0 Å². The Morgan fingerprint density at radius 3 is 2.44 bits per heavy atom. The van der Waals surface area contributed by atoms with Crippen LogP contribution in [0.15, 0.2) is 30.3 Å². The number of nitrogens with one attached hydrogen (secondary N) is 1. The highest BCUT2D eigenvalue weighted by molar-refractivity contribution is 5.88. The fourth-order valence-corrected chi connectivity index (χ4v) is 6.72. The molecule has 34 heavy (non-hydrogen) atoms. The summed E-state index contributed by atoms with van der Waals surface area (Å²) in [6.07, 6.45) is 7.53. The lowest BCUT2D eigenvalue weighted by Crippen LogP contribution is -2.54. The summed E-state index contributed by atoms with van der Waals surface area (Å²) in [6.45, 7) is 4.28. The number of carbonyl (C=O) groups excluding carboxylic acids is 2. The summed E-state index contributed by atoms with van der Waals surface area (Å²) in [5.74, 6) is -0.366. The molecule has 186 valence electrons. The first-order valence-corrected chi connectivity index (χ1v) is 12.8. The minimum atomic E-state index is -0.926. The van der Waals surface area contributed by atoms with E-state index in [1.807, 2.05) is 30.3 Å². The molecular formula is C27H38N2O5. The van der Waals surface area contributed by atoms with Crippen LogP contribution in [0, 0.1) is 17.3 Å². The molecular weight excluding hydrogens is 432 g/mol. The standard InChI is InChI=1S/C27H38N2O5/c1-3-34-26(33)22(14-11-19-7-5-4-6-8-19)28-18(2)24(30)29-17-27(16-23(29)25(31)32)15-20-9-12-21(27)13-10-20/h4-8,18,20-23,28H,3,9-17H2,1-2H3,(H,31,32)/t18-,20?,21?,22-,23-,27-/m1/s1. The SMILES string of the molecule is CCOC(=O)[C@@H](CCc1ccccc1)N[C@H](C)C(=O)N1C[C@@]2(CC3CCC2CC3)C[C@@H]1C(=O)O. The third-order valence-electron chi connectivity index (χ3n) is 8.39. The smallest absolute Gasteiger partial charge is 0.326 e. The van der Waals surface area contributed by atoms with Gasteiger partial charge in [-0.15, -0.1) is 0 Å². The second kappa shape index (κ2) is 10.5. The highest BCUT2D eigenvalue weighted by Gasteiger charge is 2.56. The minimum Gasteiger partial charge on any atom is -0.480 e. The zero-order chi connectivity index (χ0) is 24.3. The van der Waals surface area contributed by atoms with E-state index in [4.69, 9.17) is 4.74 Å². The number of rotatable bonds is 9. The molecule has 1 aromatic rings. The molecule has 7 nitrogen and oxygen atoms in total. The highest BCUT2D eigenvalue weighted by atomic mass is 16.5. The summed E-state index contributed by atoms with van der Waals surface area (Å²) in [7, 11) is 0. The van der Waals surface area contributed by atoms with Crippen LogP contribution in [0.25, 0.3) is 0 Å². The van der Waals surface area contributed by atoms with E-state index in [0.29, 0.717) is 37.6 Å². The molecule has 1 aromatic carbocycles.